The van der Waals surface area contributed by atoms with Crippen LogP contribution in [0, 0.1) is 0 Å². The topological polar surface area (TPSA) is 76.7 Å². The highest BCUT2D eigenvalue weighted by Crippen LogP contribution is 2.09. The van der Waals surface area contributed by atoms with Gasteiger partial charge in [-0.25, -0.2) is 9.59 Å². The maximum absolute atomic E-state index is 11.8. The first-order valence-corrected chi connectivity index (χ1v) is 8.64. The van der Waals surface area contributed by atoms with E-state index < -0.39 is 23.7 Å². The lowest BCUT2D eigenvalue weighted by Gasteiger charge is -2.22. The van der Waals surface area contributed by atoms with Crippen LogP contribution < -0.4 is 10.6 Å². The zero-order chi connectivity index (χ0) is 18.7. The van der Waals surface area contributed by atoms with Crippen molar-refractivity contribution in [1.82, 2.24) is 10.6 Å². The first-order chi connectivity index (χ1) is 11.8. The van der Waals surface area contributed by atoms with Crippen molar-refractivity contribution in [3.63, 3.8) is 0 Å². The van der Waals surface area contributed by atoms with Crippen molar-refractivity contribution in [3.05, 3.63) is 35.9 Å². The summed E-state index contributed by atoms with van der Waals surface area (Å²) in [6.45, 7) is 6.99. The first-order valence-electron chi connectivity index (χ1n) is 8.64. The number of hydrogen-bond acceptors (Lipinski definition) is 5. The van der Waals surface area contributed by atoms with Gasteiger partial charge < -0.3 is 20.1 Å². The lowest BCUT2D eigenvalue weighted by molar-refractivity contribution is -0.143. The summed E-state index contributed by atoms with van der Waals surface area (Å²) in [6.07, 6.45) is 1.59. The van der Waals surface area contributed by atoms with Crippen molar-refractivity contribution in [2.45, 2.75) is 58.2 Å². The van der Waals surface area contributed by atoms with E-state index in [1.807, 2.05) is 18.2 Å². The van der Waals surface area contributed by atoms with E-state index in [4.69, 9.17) is 9.47 Å². The van der Waals surface area contributed by atoms with E-state index in [0.29, 0.717) is 6.42 Å². The van der Waals surface area contributed by atoms with Gasteiger partial charge in [0, 0.05) is 6.54 Å². The van der Waals surface area contributed by atoms with Crippen molar-refractivity contribution in [1.29, 1.82) is 0 Å². The molecule has 0 fully saturated rings. The maximum atomic E-state index is 11.8. The van der Waals surface area contributed by atoms with Crippen LogP contribution in [0.3, 0.4) is 0 Å². The zero-order valence-electron chi connectivity index (χ0n) is 15.6. The predicted octanol–water partition coefficient (Wildman–Crippen LogP) is 3.01. The zero-order valence-corrected chi connectivity index (χ0v) is 15.6. The van der Waals surface area contributed by atoms with E-state index in [1.165, 1.54) is 12.7 Å². The second-order valence-corrected chi connectivity index (χ2v) is 6.88. The number of unbranched alkanes of at least 4 members (excludes halogenated alkanes) is 1. The lowest BCUT2D eigenvalue weighted by Crippen LogP contribution is -2.44. The molecule has 0 bridgehead atoms. The van der Waals surface area contributed by atoms with Gasteiger partial charge in [-0.3, -0.25) is 0 Å². The SMILES string of the molecule is COC(=O)[C@H](CCCCNCc1ccccc1)NC(=O)OC(C)(C)C. The van der Waals surface area contributed by atoms with Gasteiger partial charge >= 0.3 is 12.1 Å². The molecule has 0 aliphatic heterocycles. The summed E-state index contributed by atoms with van der Waals surface area (Å²) >= 11 is 0. The molecule has 25 heavy (non-hydrogen) atoms. The molecule has 0 saturated heterocycles. The number of carbonyl (C=O) groups excluding carboxylic acids is 2. The Morgan fingerprint density at radius 2 is 1.80 bits per heavy atom. The molecule has 0 radical (unpaired) electrons. The number of amides is 1. The van der Waals surface area contributed by atoms with E-state index in [9.17, 15) is 9.59 Å². The molecular formula is C19H30N2O4. The van der Waals surface area contributed by atoms with Crippen molar-refractivity contribution in [3.8, 4) is 0 Å². The number of esters is 1. The highest BCUT2D eigenvalue weighted by Gasteiger charge is 2.24. The minimum absolute atomic E-state index is 0.455. The number of alkyl carbamates (subject to hydrolysis) is 1. The van der Waals surface area contributed by atoms with Gasteiger partial charge in [-0.1, -0.05) is 30.3 Å². The van der Waals surface area contributed by atoms with Gasteiger partial charge in [-0.05, 0) is 52.1 Å². The molecule has 0 heterocycles. The van der Waals surface area contributed by atoms with E-state index in [1.54, 1.807) is 20.8 Å². The second-order valence-electron chi connectivity index (χ2n) is 6.88. The van der Waals surface area contributed by atoms with Crippen molar-refractivity contribution < 1.29 is 19.1 Å². The highest BCUT2D eigenvalue weighted by molar-refractivity contribution is 5.81. The summed E-state index contributed by atoms with van der Waals surface area (Å²) in [5.41, 5.74) is 0.632. The van der Waals surface area contributed by atoms with Crippen LogP contribution in [0.25, 0.3) is 0 Å². The van der Waals surface area contributed by atoms with Crippen molar-refractivity contribution >= 4 is 12.1 Å². The molecule has 6 nitrogen and oxygen atoms in total. The van der Waals surface area contributed by atoms with Gasteiger partial charge in [-0.2, -0.15) is 0 Å². The number of nitrogens with one attached hydrogen (secondary N) is 2. The number of hydrogen-bond donors (Lipinski definition) is 2. The Balaban J connectivity index is 2.28. The lowest BCUT2D eigenvalue weighted by atomic mass is 10.1. The molecule has 1 atom stereocenters. The summed E-state index contributed by atoms with van der Waals surface area (Å²) in [4.78, 5) is 23.6. The van der Waals surface area contributed by atoms with Gasteiger partial charge in [0.1, 0.15) is 11.6 Å². The van der Waals surface area contributed by atoms with Crippen LogP contribution in [0.4, 0.5) is 4.79 Å². The van der Waals surface area contributed by atoms with Crippen LogP contribution in [0.1, 0.15) is 45.6 Å². The average molecular weight is 350 g/mol. The fourth-order valence-electron chi connectivity index (χ4n) is 2.27. The maximum Gasteiger partial charge on any atom is 0.408 e. The molecular weight excluding hydrogens is 320 g/mol. The Hall–Kier alpha value is -2.08. The smallest absolute Gasteiger partial charge is 0.408 e. The molecule has 0 aliphatic rings. The van der Waals surface area contributed by atoms with Crippen molar-refractivity contribution in [2.75, 3.05) is 13.7 Å². The first kappa shape index (κ1) is 21.0. The standard InChI is InChI=1S/C19H30N2O4/c1-19(2,3)25-18(23)21-16(17(22)24-4)12-8-9-13-20-14-15-10-6-5-7-11-15/h5-7,10-11,16,20H,8-9,12-14H2,1-4H3,(H,21,23)/t16-/m0/s1. The van der Waals surface area contributed by atoms with Crippen LogP contribution in [-0.4, -0.2) is 37.4 Å². The molecule has 1 amide bonds. The van der Waals surface area contributed by atoms with Crippen LogP contribution in [0.2, 0.25) is 0 Å². The minimum Gasteiger partial charge on any atom is -0.467 e. The monoisotopic (exact) mass is 350 g/mol. The minimum atomic E-state index is -0.686. The molecule has 6 heteroatoms. The Kier molecular flexibility index (Phi) is 8.99. The van der Waals surface area contributed by atoms with E-state index in [2.05, 4.69) is 22.8 Å². The summed E-state index contributed by atoms with van der Waals surface area (Å²) in [5, 5.41) is 5.95. The summed E-state index contributed by atoms with van der Waals surface area (Å²) in [6, 6.07) is 9.49. The Labute approximate surface area is 150 Å². The summed E-state index contributed by atoms with van der Waals surface area (Å²) < 4.78 is 9.94. The van der Waals surface area contributed by atoms with Gasteiger partial charge in [-0.15, -0.1) is 0 Å². The van der Waals surface area contributed by atoms with Gasteiger partial charge in [0.2, 0.25) is 0 Å². The van der Waals surface area contributed by atoms with Crippen LogP contribution in [-0.2, 0) is 20.8 Å². The highest BCUT2D eigenvalue weighted by atomic mass is 16.6. The number of benzene rings is 1. The fourth-order valence-corrected chi connectivity index (χ4v) is 2.27. The molecule has 0 aromatic heterocycles. The Bertz CT molecular complexity index is 526. The molecule has 1 aromatic carbocycles. The third-order valence-corrected chi connectivity index (χ3v) is 3.44. The third kappa shape index (κ3) is 9.72. The number of carbonyl (C=O) groups is 2. The molecule has 0 spiro atoms. The predicted molar refractivity (Wildman–Crippen MR) is 97.2 cm³/mol. The molecule has 1 aromatic rings. The number of methoxy groups -OCH3 is 1. The number of ether oxygens (including phenoxy) is 2. The summed E-state index contributed by atoms with van der Waals surface area (Å²) in [5.74, 6) is -0.455. The number of rotatable bonds is 9. The molecule has 140 valence electrons. The molecule has 1 rings (SSSR count). The van der Waals surface area contributed by atoms with E-state index >= 15 is 0 Å². The molecule has 0 saturated carbocycles. The summed E-state index contributed by atoms with van der Waals surface area (Å²) in [7, 11) is 1.31. The van der Waals surface area contributed by atoms with Crippen LogP contribution in [0.5, 0.6) is 0 Å². The molecule has 2 N–H and O–H groups in total. The molecule has 0 unspecified atom stereocenters. The Morgan fingerprint density at radius 1 is 1.12 bits per heavy atom. The third-order valence-electron chi connectivity index (χ3n) is 3.44. The largest absolute Gasteiger partial charge is 0.467 e. The van der Waals surface area contributed by atoms with Crippen LogP contribution in [0.15, 0.2) is 30.3 Å². The fraction of sp³-hybridized carbons (Fsp3) is 0.579. The average Bonchev–Trinajstić information content (AvgIpc) is 2.55. The van der Waals surface area contributed by atoms with E-state index in [-0.39, 0.29) is 0 Å². The van der Waals surface area contributed by atoms with Crippen LogP contribution >= 0.6 is 0 Å². The van der Waals surface area contributed by atoms with Crippen molar-refractivity contribution in [2.24, 2.45) is 0 Å². The van der Waals surface area contributed by atoms with Gasteiger partial charge in [0.05, 0.1) is 7.11 Å². The molecule has 0 aliphatic carbocycles. The second kappa shape index (κ2) is 10.7. The van der Waals surface area contributed by atoms with Gasteiger partial charge in [0.15, 0.2) is 0 Å². The van der Waals surface area contributed by atoms with E-state index in [0.717, 1.165) is 25.9 Å². The normalized spacial score (nSPS) is 12.3. The Morgan fingerprint density at radius 3 is 2.40 bits per heavy atom. The van der Waals surface area contributed by atoms with Gasteiger partial charge in [0.25, 0.3) is 0 Å². The quantitative estimate of drug-likeness (QED) is 0.529.